The van der Waals surface area contributed by atoms with Crippen LogP contribution in [0.2, 0.25) is 0 Å². The highest BCUT2D eigenvalue weighted by molar-refractivity contribution is 8.00. The van der Waals surface area contributed by atoms with Crippen molar-refractivity contribution in [2.24, 2.45) is 0 Å². The minimum atomic E-state index is -0.600. The molecule has 2 aromatic carbocycles. The van der Waals surface area contributed by atoms with Gasteiger partial charge in [-0.1, -0.05) is 24.3 Å². The number of nitrogens with zero attached hydrogens (tertiary/aromatic N) is 1. The van der Waals surface area contributed by atoms with E-state index in [1.54, 1.807) is 31.2 Å². The molecule has 114 valence electrons. The molecule has 1 N–H and O–H groups in total. The molecule has 0 aliphatic rings. The Labute approximate surface area is 130 Å². The van der Waals surface area contributed by atoms with Crippen LogP contribution in [0, 0.1) is 15.9 Å². The Hall–Kier alpha value is -2.41. The summed E-state index contributed by atoms with van der Waals surface area (Å²) in [5.74, 6) is -0.833. The van der Waals surface area contributed by atoms with Gasteiger partial charge in [0.2, 0.25) is 5.91 Å². The van der Waals surface area contributed by atoms with Gasteiger partial charge in [0.1, 0.15) is 11.5 Å². The average Bonchev–Trinajstić information content (AvgIpc) is 2.49. The van der Waals surface area contributed by atoms with Crippen molar-refractivity contribution in [1.82, 2.24) is 0 Å². The molecular formula is C15H13FN2O3S. The van der Waals surface area contributed by atoms with Crippen molar-refractivity contribution in [2.75, 3.05) is 5.32 Å². The number of thioether (sulfide) groups is 1. The smallest absolute Gasteiger partial charge is 0.292 e. The van der Waals surface area contributed by atoms with E-state index in [0.717, 1.165) is 11.8 Å². The van der Waals surface area contributed by atoms with Crippen molar-refractivity contribution >= 4 is 29.0 Å². The minimum absolute atomic E-state index is 0.124. The summed E-state index contributed by atoms with van der Waals surface area (Å²) in [5.41, 5.74) is -0.0579. The summed E-state index contributed by atoms with van der Waals surface area (Å²) in [7, 11) is 0. The topological polar surface area (TPSA) is 72.2 Å². The zero-order valence-electron chi connectivity index (χ0n) is 11.7. The first kappa shape index (κ1) is 16.0. The third kappa shape index (κ3) is 3.82. The number of hydrogen-bond donors (Lipinski definition) is 1. The van der Waals surface area contributed by atoms with E-state index in [9.17, 15) is 19.3 Å². The molecule has 0 radical (unpaired) electrons. The van der Waals surface area contributed by atoms with Crippen LogP contribution >= 0.6 is 11.8 Å². The number of hydrogen-bond acceptors (Lipinski definition) is 4. The standard InChI is InChI=1S/C15H13FN2O3S/c1-10(22-14-9-5-2-6-11(14)16)15(19)17-12-7-3-4-8-13(12)18(20)21/h2-10H,1H3,(H,17,19)/t10-/m0/s1. The molecule has 1 amide bonds. The molecule has 0 unspecified atom stereocenters. The largest absolute Gasteiger partial charge is 0.319 e. The number of nitro benzene ring substituents is 1. The Morgan fingerprint density at radius 3 is 2.55 bits per heavy atom. The van der Waals surface area contributed by atoms with E-state index in [1.165, 1.54) is 24.3 Å². The van der Waals surface area contributed by atoms with Crippen LogP contribution in [0.5, 0.6) is 0 Å². The van der Waals surface area contributed by atoms with Gasteiger partial charge in [-0.15, -0.1) is 11.8 Å². The van der Waals surface area contributed by atoms with Gasteiger partial charge in [0.25, 0.3) is 5.69 Å². The first-order valence-corrected chi connectivity index (χ1v) is 7.32. The summed E-state index contributed by atoms with van der Waals surface area (Å²) in [6, 6.07) is 12.0. The second kappa shape index (κ2) is 7.04. The second-order valence-corrected chi connectivity index (χ2v) is 5.84. The second-order valence-electron chi connectivity index (χ2n) is 4.45. The summed E-state index contributed by atoms with van der Waals surface area (Å²) in [6.07, 6.45) is 0. The summed E-state index contributed by atoms with van der Waals surface area (Å²) in [4.78, 5) is 22.8. The molecule has 5 nitrogen and oxygen atoms in total. The van der Waals surface area contributed by atoms with Crippen LogP contribution in [0.3, 0.4) is 0 Å². The highest BCUT2D eigenvalue weighted by Gasteiger charge is 2.20. The first-order chi connectivity index (χ1) is 10.5. The maximum atomic E-state index is 13.6. The van der Waals surface area contributed by atoms with Gasteiger partial charge in [0, 0.05) is 11.0 Å². The predicted molar refractivity (Wildman–Crippen MR) is 83.4 cm³/mol. The number of carbonyl (C=O) groups is 1. The lowest BCUT2D eigenvalue weighted by atomic mass is 10.2. The Bertz CT molecular complexity index is 709. The zero-order chi connectivity index (χ0) is 16.1. The molecule has 22 heavy (non-hydrogen) atoms. The van der Waals surface area contributed by atoms with Gasteiger partial charge in [0.05, 0.1) is 10.2 Å². The fourth-order valence-electron chi connectivity index (χ4n) is 1.76. The van der Waals surface area contributed by atoms with Crippen LogP contribution in [0.25, 0.3) is 0 Å². The Morgan fingerprint density at radius 1 is 1.23 bits per heavy atom. The lowest BCUT2D eigenvalue weighted by Gasteiger charge is -2.12. The normalized spacial score (nSPS) is 11.7. The van der Waals surface area contributed by atoms with Gasteiger partial charge in [-0.25, -0.2) is 4.39 Å². The van der Waals surface area contributed by atoms with Crippen LogP contribution in [-0.2, 0) is 4.79 Å². The molecule has 0 fully saturated rings. The fraction of sp³-hybridized carbons (Fsp3) is 0.133. The molecule has 0 aliphatic heterocycles. The highest BCUT2D eigenvalue weighted by atomic mass is 32.2. The zero-order valence-corrected chi connectivity index (χ0v) is 12.5. The number of nitro groups is 1. The summed E-state index contributed by atoms with van der Waals surface area (Å²) in [5, 5.41) is 12.8. The predicted octanol–water partition coefficient (Wildman–Crippen LogP) is 3.85. The monoisotopic (exact) mass is 320 g/mol. The van der Waals surface area contributed by atoms with Gasteiger partial charge in [-0.3, -0.25) is 14.9 Å². The van der Waals surface area contributed by atoms with Gasteiger partial charge < -0.3 is 5.32 Å². The minimum Gasteiger partial charge on any atom is -0.319 e. The summed E-state index contributed by atoms with van der Waals surface area (Å²) >= 11 is 1.05. The van der Waals surface area contributed by atoms with Crippen molar-refractivity contribution < 1.29 is 14.1 Å². The van der Waals surface area contributed by atoms with Gasteiger partial charge >= 0.3 is 0 Å². The van der Waals surface area contributed by atoms with E-state index in [1.807, 2.05) is 0 Å². The summed E-state index contributed by atoms with van der Waals surface area (Å²) in [6.45, 7) is 1.61. The van der Waals surface area contributed by atoms with Gasteiger partial charge in [-0.05, 0) is 25.1 Å². The van der Waals surface area contributed by atoms with Crippen molar-refractivity contribution in [3.8, 4) is 0 Å². The number of amides is 1. The van der Waals surface area contributed by atoms with Crippen LogP contribution in [-0.4, -0.2) is 16.1 Å². The van der Waals surface area contributed by atoms with Crippen LogP contribution < -0.4 is 5.32 Å². The fourth-order valence-corrected chi connectivity index (χ4v) is 2.64. The maximum absolute atomic E-state index is 13.6. The third-order valence-corrected chi connectivity index (χ3v) is 4.02. The highest BCUT2D eigenvalue weighted by Crippen LogP contribution is 2.28. The van der Waals surface area contributed by atoms with E-state index in [2.05, 4.69) is 5.32 Å². The summed E-state index contributed by atoms with van der Waals surface area (Å²) < 4.78 is 13.6. The third-order valence-electron chi connectivity index (χ3n) is 2.87. The molecule has 0 aromatic heterocycles. The number of nitrogens with one attached hydrogen (secondary N) is 1. The van der Waals surface area contributed by atoms with Crippen LogP contribution in [0.1, 0.15) is 6.92 Å². The number of anilines is 1. The molecule has 2 aromatic rings. The Kier molecular flexibility index (Phi) is 5.11. The van der Waals surface area contributed by atoms with Gasteiger partial charge in [0.15, 0.2) is 0 Å². The SMILES string of the molecule is C[C@H](Sc1ccccc1F)C(=O)Nc1ccccc1[N+](=O)[O-]. The van der Waals surface area contributed by atoms with E-state index < -0.39 is 21.9 Å². The molecule has 0 heterocycles. The van der Waals surface area contributed by atoms with E-state index in [0.29, 0.717) is 4.90 Å². The molecule has 0 aliphatic carbocycles. The van der Waals surface area contributed by atoms with E-state index in [4.69, 9.17) is 0 Å². The number of rotatable bonds is 5. The molecule has 1 atom stereocenters. The van der Waals surface area contributed by atoms with Crippen molar-refractivity contribution in [1.29, 1.82) is 0 Å². The molecule has 0 bridgehead atoms. The molecule has 0 saturated carbocycles. The lowest BCUT2D eigenvalue weighted by molar-refractivity contribution is -0.383. The van der Waals surface area contributed by atoms with Crippen molar-refractivity contribution in [2.45, 2.75) is 17.1 Å². The van der Waals surface area contributed by atoms with Crippen LogP contribution in [0.4, 0.5) is 15.8 Å². The van der Waals surface area contributed by atoms with E-state index in [-0.39, 0.29) is 11.4 Å². The Morgan fingerprint density at radius 2 is 1.86 bits per heavy atom. The van der Waals surface area contributed by atoms with Crippen molar-refractivity contribution in [3.63, 3.8) is 0 Å². The quantitative estimate of drug-likeness (QED) is 0.516. The first-order valence-electron chi connectivity index (χ1n) is 6.44. The Balaban J connectivity index is 2.09. The maximum Gasteiger partial charge on any atom is 0.292 e. The van der Waals surface area contributed by atoms with Crippen LogP contribution in [0.15, 0.2) is 53.4 Å². The molecule has 0 spiro atoms. The van der Waals surface area contributed by atoms with Crippen molar-refractivity contribution in [3.05, 3.63) is 64.5 Å². The number of benzene rings is 2. The number of halogens is 1. The molecule has 7 heteroatoms. The lowest BCUT2D eigenvalue weighted by Crippen LogP contribution is -2.23. The van der Waals surface area contributed by atoms with Gasteiger partial charge in [-0.2, -0.15) is 0 Å². The molecule has 2 rings (SSSR count). The molecule has 0 saturated heterocycles. The number of carbonyl (C=O) groups excluding carboxylic acids is 1. The molecular weight excluding hydrogens is 307 g/mol. The number of para-hydroxylation sites is 2. The average molecular weight is 320 g/mol. The van der Waals surface area contributed by atoms with E-state index >= 15 is 0 Å².